The molecule has 0 bridgehead atoms. The van der Waals surface area contributed by atoms with Gasteiger partial charge >= 0.3 is 6.18 Å². The molecule has 162 valence electrons. The summed E-state index contributed by atoms with van der Waals surface area (Å²) in [5, 5.41) is 15.4. The molecule has 3 N–H and O–H groups in total. The molecule has 1 atom stereocenters. The number of anilines is 1. The molecule has 0 spiro atoms. The van der Waals surface area contributed by atoms with E-state index >= 15 is 0 Å². The van der Waals surface area contributed by atoms with E-state index in [0.29, 0.717) is 18.5 Å². The number of carbonyl (C=O) groups is 1. The molecule has 1 aliphatic carbocycles. The number of aliphatic hydroxyl groups is 1. The molecule has 10 heteroatoms. The van der Waals surface area contributed by atoms with Crippen LogP contribution in [0.4, 0.5) is 27.8 Å². The van der Waals surface area contributed by atoms with E-state index in [9.17, 15) is 31.9 Å². The highest BCUT2D eigenvalue weighted by molar-refractivity contribution is 5.79. The lowest BCUT2D eigenvalue weighted by Crippen LogP contribution is -2.40. The Morgan fingerprint density at radius 1 is 1.13 bits per heavy atom. The summed E-state index contributed by atoms with van der Waals surface area (Å²) in [6.07, 6.45) is -4.04. The molecule has 0 aliphatic heterocycles. The minimum Gasteiger partial charge on any atom is -0.385 e. The molecule has 1 aromatic heterocycles. The van der Waals surface area contributed by atoms with Crippen LogP contribution in [0.25, 0.3) is 0 Å². The maximum atomic E-state index is 14.0. The van der Waals surface area contributed by atoms with Gasteiger partial charge in [-0.25, -0.2) is 13.8 Å². The van der Waals surface area contributed by atoms with E-state index in [0.717, 1.165) is 25.1 Å². The number of halogens is 5. The number of alkyl halides is 3. The van der Waals surface area contributed by atoms with E-state index in [2.05, 4.69) is 15.6 Å². The largest absolute Gasteiger partial charge is 0.405 e. The third-order valence-corrected chi connectivity index (χ3v) is 4.84. The van der Waals surface area contributed by atoms with E-state index in [1.54, 1.807) is 6.07 Å². The standard InChI is InChI=1S/C20H20F5N3O2/c1-18(30,17-12(21)4-2-5-13(17)22)10-16(29)28-19(8-9-19)14-6-3-7-15(27-14)26-11-20(23,24)25/h2-7,30H,8-11H2,1H3,(H,26,27)(H,28,29)/t18-/m0/s1. The number of carbonyl (C=O) groups excluding carboxylic acids is 1. The minimum atomic E-state index is -4.41. The van der Waals surface area contributed by atoms with Crippen LogP contribution in [0, 0.1) is 11.6 Å². The average Bonchev–Trinajstić information content (AvgIpc) is 3.39. The Hall–Kier alpha value is -2.75. The molecule has 30 heavy (non-hydrogen) atoms. The SMILES string of the molecule is C[C@](O)(CC(=O)NC1(c2cccc(NCC(F)(F)F)n2)CC1)c1c(F)cccc1F. The number of nitrogens with one attached hydrogen (secondary N) is 2. The third-order valence-electron chi connectivity index (χ3n) is 4.84. The molecular formula is C20H20F5N3O2. The number of aromatic nitrogens is 1. The van der Waals surface area contributed by atoms with Crippen molar-refractivity contribution in [3.63, 3.8) is 0 Å². The monoisotopic (exact) mass is 429 g/mol. The van der Waals surface area contributed by atoms with Crippen molar-refractivity contribution >= 4 is 11.7 Å². The third kappa shape index (κ3) is 5.05. The van der Waals surface area contributed by atoms with Gasteiger partial charge in [0.2, 0.25) is 5.91 Å². The zero-order valence-corrected chi connectivity index (χ0v) is 16.0. The number of benzene rings is 1. The van der Waals surface area contributed by atoms with Crippen LogP contribution in [-0.4, -0.2) is 28.7 Å². The van der Waals surface area contributed by atoms with Gasteiger partial charge in [0.1, 0.15) is 29.6 Å². The first-order valence-electron chi connectivity index (χ1n) is 9.18. The first-order chi connectivity index (χ1) is 13.9. The zero-order chi connectivity index (χ0) is 22.2. The number of amides is 1. The molecule has 1 aromatic carbocycles. The molecule has 1 saturated carbocycles. The summed E-state index contributed by atoms with van der Waals surface area (Å²) in [7, 11) is 0. The van der Waals surface area contributed by atoms with Gasteiger partial charge in [-0.05, 0) is 44.0 Å². The van der Waals surface area contributed by atoms with Gasteiger partial charge in [0, 0.05) is 0 Å². The van der Waals surface area contributed by atoms with Crippen molar-refractivity contribution in [3.8, 4) is 0 Å². The molecule has 3 rings (SSSR count). The summed E-state index contributed by atoms with van der Waals surface area (Å²) in [5.74, 6) is -2.61. The Labute approximate surface area is 169 Å². The predicted octanol–water partition coefficient (Wildman–Crippen LogP) is 3.74. The molecule has 1 amide bonds. The van der Waals surface area contributed by atoms with Crippen LogP contribution in [0.3, 0.4) is 0 Å². The normalized spacial score (nSPS) is 17.2. The summed E-state index contributed by atoms with van der Waals surface area (Å²) in [5.41, 5.74) is -3.24. The van der Waals surface area contributed by atoms with Crippen molar-refractivity contribution in [3.05, 3.63) is 59.3 Å². The Morgan fingerprint density at radius 2 is 1.73 bits per heavy atom. The molecule has 5 nitrogen and oxygen atoms in total. The highest BCUT2D eigenvalue weighted by atomic mass is 19.4. The van der Waals surface area contributed by atoms with E-state index in [-0.39, 0.29) is 5.82 Å². The number of hydrogen-bond acceptors (Lipinski definition) is 4. The van der Waals surface area contributed by atoms with Crippen LogP contribution in [-0.2, 0) is 15.9 Å². The first-order valence-corrected chi connectivity index (χ1v) is 9.18. The number of pyridine rings is 1. The smallest absolute Gasteiger partial charge is 0.385 e. The van der Waals surface area contributed by atoms with Crippen molar-refractivity contribution < 1.29 is 31.9 Å². The van der Waals surface area contributed by atoms with Crippen molar-refractivity contribution in [1.29, 1.82) is 0 Å². The lowest BCUT2D eigenvalue weighted by molar-refractivity contribution is -0.127. The molecule has 2 aromatic rings. The van der Waals surface area contributed by atoms with Gasteiger partial charge in [-0.1, -0.05) is 12.1 Å². The molecular weight excluding hydrogens is 409 g/mol. The van der Waals surface area contributed by atoms with Crippen molar-refractivity contribution in [2.24, 2.45) is 0 Å². The van der Waals surface area contributed by atoms with Crippen molar-refractivity contribution in [2.45, 2.75) is 43.5 Å². The minimum absolute atomic E-state index is 0.00535. The molecule has 1 fully saturated rings. The van der Waals surface area contributed by atoms with Crippen molar-refractivity contribution in [2.75, 3.05) is 11.9 Å². The highest BCUT2D eigenvalue weighted by Crippen LogP contribution is 2.45. The molecule has 0 unspecified atom stereocenters. The van der Waals surface area contributed by atoms with Crippen LogP contribution >= 0.6 is 0 Å². The summed E-state index contributed by atoms with van der Waals surface area (Å²) >= 11 is 0. The Bertz CT molecular complexity index is 922. The zero-order valence-electron chi connectivity index (χ0n) is 16.0. The lowest BCUT2D eigenvalue weighted by Gasteiger charge is -2.26. The van der Waals surface area contributed by atoms with Gasteiger partial charge in [-0.15, -0.1) is 0 Å². The van der Waals surface area contributed by atoms with Gasteiger partial charge in [0.15, 0.2) is 0 Å². The number of nitrogens with zero attached hydrogens (tertiary/aromatic N) is 1. The van der Waals surface area contributed by atoms with E-state index < -0.39 is 53.4 Å². The molecule has 1 aliphatic rings. The fourth-order valence-electron chi connectivity index (χ4n) is 3.29. The summed E-state index contributed by atoms with van der Waals surface area (Å²) in [6, 6.07) is 7.57. The Balaban J connectivity index is 1.71. The van der Waals surface area contributed by atoms with Gasteiger partial charge in [-0.2, -0.15) is 13.2 Å². The molecule has 0 radical (unpaired) electrons. The van der Waals surface area contributed by atoms with Gasteiger partial charge in [0.25, 0.3) is 0 Å². The highest BCUT2D eigenvalue weighted by Gasteiger charge is 2.48. The van der Waals surface area contributed by atoms with E-state index in [1.807, 2.05) is 0 Å². The number of rotatable bonds is 7. The molecule has 0 saturated heterocycles. The second-order valence-corrected chi connectivity index (χ2v) is 7.55. The topological polar surface area (TPSA) is 74.2 Å². The number of hydrogen-bond donors (Lipinski definition) is 3. The van der Waals surface area contributed by atoms with Crippen LogP contribution < -0.4 is 10.6 Å². The van der Waals surface area contributed by atoms with Gasteiger partial charge < -0.3 is 15.7 Å². The van der Waals surface area contributed by atoms with Crippen LogP contribution in [0.2, 0.25) is 0 Å². The second kappa shape index (κ2) is 7.82. The van der Waals surface area contributed by atoms with E-state index in [1.165, 1.54) is 12.1 Å². The van der Waals surface area contributed by atoms with E-state index in [4.69, 9.17) is 0 Å². The lowest BCUT2D eigenvalue weighted by atomic mass is 9.91. The molecule has 1 heterocycles. The van der Waals surface area contributed by atoms with Crippen LogP contribution in [0.15, 0.2) is 36.4 Å². The summed E-state index contributed by atoms with van der Waals surface area (Å²) in [6.45, 7) is -0.118. The maximum Gasteiger partial charge on any atom is 0.405 e. The Kier molecular flexibility index (Phi) is 5.72. The van der Waals surface area contributed by atoms with Gasteiger partial charge in [0.05, 0.1) is 23.2 Å². The van der Waals surface area contributed by atoms with Crippen molar-refractivity contribution in [1.82, 2.24) is 10.3 Å². The fraction of sp³-hybridized carbons (Fsp3) is 0.400. The van der Waals surface area contributed by atoms with Crippen LogP contribution in [0.1, 0.15) is 37.4 Å². The Morgan fingerprint density at radius 3 is 2.30 bits per heavy atom. The quantitative estimate of drug-likeness (QED) is 0.587. The summed E-state index contributed by atoms with van der Waals surface area (Å²) in [4.78, 5) is 16.7. The second-order valence-electron chi connectivity index (χ2n) is 7.55. The average molecular weight is 429 g/mol. The van der Waals surface area contributed by atoms with Gasteiger partial charge in [-0.3, -0.25) is 4.79 Å². The predicted molar refractivity (Wildman–Crippen MR) is 98.4 cm³/mol. The summed E-state index contributed by atoms with van der Waals surface area (Å²) < 4.78 is 65.1. The fourth-order valence-corrected chi connectivity index (χ4v) is 3.29. The maximum absolute atomic E-state index is 14.0. The first kappa shape index (κ1) is 21.9. The van der Waals surface area contributed by atoms with Crippen LogP contribution in [0.5, 0.6) is 0 Å².